The van der Waals surface area contributed by atoms with Crippen LogP contribution in [0.2, 0.25) is 0 Å². The van der Waals surface area contributed by atoms with E-state index in [4.69, 9.17) is 4.74 Å². The third-order valence-electron chi connectivity index (χ3n) is 3.19. The molecule has 1 heterocycles. The molecule has 140 valence electrons. The van der Waals surface area contributed by atoms with Gasteiger partial charge < -0.3 is 10.1 Å². The average molecular weight is 412 g/mol. The van der Waals surface area contributed by atoms with Crippen molar-refractivity contribution in [2.24, 2.45) is 5.92 Å². The van der Waals surface area contributed by atoms with Crippen molar-refractivity contribution in [1.82, 2.24) is 10.2 Å². The first-order valence-electron chi connectivity index (χ1n) is 7.97. The van der Waals surface area contributed by atoms with Crippen LogP contribution < -0.4 is 5.32 Å². The number of aryl methyl sites for hydroxylation is 1. The summed E-state index contributed by atoms with van der Waals surface area (Å²) in [6, 6.07) is 5.07. The van der Waals surface area contributed by atoms with Gasteiger partial charge in [-0.2, -0.15) is 0 Å². The molecule has 1 aromatic carbocycles. The van der Waals surface area contributed by atoms with Crippen LogP contribution in [-0.2, 0) is 9.53 Å². The molecule has 1 aromatic heterocycles. The van der Waals surface area contributed by atoms with Crippen molar-refractivity contribution in [2.45, 2.75) is 29.5 Å². The summed E-state index contributed by atoms with van der Waals surface area (Å²) in [5.74, 6) is 1.22. The highest BCUT2D eigenvalue weighted by molar-refractivity contribution is 8.03. The molecule has 0 unspecified atom stereocenters. The van der Waals surface area contributed by atoms with Gasteiger partial charge in [-0.25, -0.2) is 4.79 Å². The maximum atomic E-state index is 12.2. The van der Waals surface area contributed by atoms with Crippen molar-refractivity contribution in [3.05, 3.63) is 29.3 Å². The molecule has 0 saturated heterocycles. The van der Waals surface area contributed by atoms with E-state index >= 15 is 0 Å². The van der Waals surface area contributed by atoms with E-state index in [2.05, 4.69) is 29.4 Å². The molecule has 0 atom stereocenters. The lowest BCUT2D eigenvalue weighted by atomic mass is 10.1. The number of amides is 1. The Morgan fingerprint density at radius 1 is 1.23 bits per heavy atom. The number of aromatic nitrogens is 2. The van der Waals surface area contributed by atoms with Crippen LogP contribution >= 0.6 is 34.9 Å². The van der Waals surface area contributed by atoms with E-state index in [0.717, 1.165) is 20.0 Å². The highest BCUT2D eigenvalue weighted by atomic mass is 32.2. The quantitative estimate of drug-likeness (QED) is 0.517. The number of anilines is 1. The number of carbonyl (C=O) groups is 2. The third kappa shape index (κ3) is 6.30. The van der Waals surface area contributed by atoms with Crippen molar-refractivity contribution in [2.75, 3.05) is 23.9 Å². The number of nitrogens with one attached hydrogen (secondary N) is 1. The van der Waals surface area contributed by atoms with Crippen LogP contribution in [0.4, 0.5) is 5.69 Å². The first kappa shape index (κ1) is 20.7. The highest BCUT2D eigenvalue weighted by Gasteiger charge is 2.12. The van der Waals surface area contributed by atoms with Crippen LogP contribution in [0.25, 0.3) is 0 Å². The fourth-order valence-corrected chi connectivity index (χ4v) is 4.66. The molecule has 0 aliphatic carbocycles. The van der Waals surface area contributed by atoms with Crippen LogP contribution in [-0.4, -0.2) is 40.7 Å². The monoisotopic (exact) mass is 411 g/mol. The lowest BCUT2D eigenvalue weighted by molar-refractivity contribution is -0.113. The molecule has 2 rings (SSSR count). The minimum atomic E-state index is -0.435. The first-order chi connectivity index (χ1) is 12.4. The Morgan fingerprint density at radius 2 is 1.92 bits per heavy atom. The summed E-state index contributed by atoms with van der Waals surface area (Å²) in [4.78, 5) is 23.8. The van der Waals surface area contributed by atoms with Gasteiger partial charge in [0, 0.05) is 11.4 Å². The molecular weight excluding hydrogens is 390 g/mol. The minimum absolute atomic E-state index is 0.160. The van der Waals surface area contributed by atoms with Crippen molar-refractivity contribution < 1.29 is 14.3 Å². The normalized spacial score (nSPS) is 10.8. The molecule has 0 spiro atoms. The van der Waals surface area contributed by atoms with E-state index in [1.54, 1.807) is 30.0 Å². The largest absolute Gasteiger partial charge is 0.465 e. The number of methoxy groups -OCH3 is 1. The molecule has 0 bridgehead atoms. The number of thioether (sulfide) groups is 2. The van der Waals surface area contributed by atoms with Crippen molar-refractivity contribution in [3.63, 3.8) is 0 Å². The molecule has 1 amide bonds. The Balaban J connectivity index is 1.90. The van der Waals surface area contributed by atoms with E-state index in [1.165, 1.54) is 30.2 Å². The zero-order valence-electron chi connectivity index (χ0n) is 15.1. The van der Waals surface area contributed by atoms with Gasteiger partial charge in [-0.05, 0) is 30.5 Å². The second-order valence-corrected chi connectivity index (χ2v) is 9.36. The second kappa shape index (κ2) is 9.94. The number of nitrogens with zero attached hydrogens (tertiary/aromatic N) is 2. The lowest BCUT2D eigenvalue weighted by Crippen LogP contribution is -2.15. The summed E-state index contributed by atoms with van der Waals surface area (Å²) < 4.78 is 6.40. The van der Waals surface area contributed by atoms with Crippen molar-refractivity contribution >= 4 is 52.4 Å². The molecule has 6 nitrogen and oxygen atoms in total. The molecular formula is C17H21N3O3S3. The van der Waals surface area contributed by atoms with Crippen LogP contribution in [0.5, 0.6) is 0 Å². The maximum Gasteiger partial charge on any atom is 0.337 e. The molecule has 0 aliphatic rings. The topological polar surface area (TPSA) is 81.2 Å². The summed E-state index contributed by atoms with van der Waals surface area (Å²) in [5, 5.41) is 11.1. The molecule has 1 N–H and O–H groups in total. The molecule has 2 aromatic rings. The van der Waals surface area contributed by atoms with Gasteiger partial charge in [0.05, 0.1) is 18.4 Å². The predicted octanol–water partition coefficient (Wildman–Crippen LogP) is 4.11. The van der Waals surface area contributed by atoms with Crippen molar-refractivity contribution in [3.8, 4) is 0 Å². The number of carbonyl (C=O) groups excluding carboxylic acids is 2. The van der Waals surface area contributed by atoms with Crippen molar-refractivity contribution in [1.29, 1.82) is 0 Å². The van der Waals surface area contributed by atoms with E-state index in [1.807, 2.05) is 6.92 Å². The Kier molecular flexibility index (Phi) is 7.92. The van der Waals surface area contributed by atoms with E-state index in [-0.39, 0.29) is 11.7 Å². The number of benzene rings is 1. The van der Waals surface area contributed by atoms with Gasteiger partial charge in [0.25, 0.3) is 0 Å². The SMILES string of the molecule is COC(=O)c1ccc(C)c(NC(=O)CSc2nnc(SCC(C)C)s2)c1. The fraction of sp³-hybridized carbons (Fsp3) is 0.412. The Bertz CT molecular complexity index is 778. The van der Waals surface area contributed by atoms with Gasteiger partial charge in [-0.15, -0.1) is 10.2 Å². The van der Waals surface area contributed by atoms with Gasteiger partial charge in [0.2, 0.25) is 5.91 Å². The summed E-state index contributed by atoms with van der Waals surface area (Å²) in [6.07, 6.45) is 0. The molecule has 9 heteroatoms. The van der Waals surface area contributed by atoms with E-state index < -0.39 is 5.97 Å². The summed E-state index contributed by atoms with van der Waals surface area (Å²) >= 11 is 4.53. The highest BCUT2D eigenvalue weighted by Crippen LogP contribution is 2.29. The van der Waals surface area contributed by atoms with Gasteiger partial charge in [0.1, 0.15) is 0 Å². The molecule has 0 radical (unpaired) electrons. The molecule has 0 aliphatic heterocycles. The standard InChI is InChI=1S/C17H21N3O3S3/c1-10(2)8-24-16-19-20-17(26-16)25-9-14(21)18-13-7-12(15(22)23-4)6-5-11(13)3/h5-7,10H,8-9H2,1-4H3,(H,18,21). The predicted molar refractivity (Wildman–Crippen MR) is 107 cm³/mol. The van der Waals surface area contributed by atoms with Gasteiger partial charge in [-0.3, -0.25) is 4.79 Å². The number of hydrogen-bond donors (Lipinski definition) is 1. The summed E-state index contributed by atoms with van der Waals surface area (Å²) in [6.45, 7) is 6.18. The third-order valence-corrected chi connectivity index (χ3v) is 6.80. The fourth-order valence-electron chi connectivity index (χ4n) is 1.87. The molecule has 0 fully saturated rings. The molecule has 26 heavy (non-hydrogen) atoms. The van der Waals surface area contributed by atoms with Crippen LogP contribution in [0.3, 0.4) is 0 Å². The van der Waals surface area contributed by atoms with Crippen LogP contribution in [0.15, 0.2) is 26.9 Å². The molecule has 0 saturated carbocycles. The van der Waals surface area contributed by atoms with Crippen LogP contribution in [0.1, 0.15) is 29.8 Å². The zero-order chi connectivity index (χ0) is 19.1. The number of esters is 1. The average Bonchev–Trinajstić information content (AvgIpc) is 3.07. The second-order valence-electron chi connectivity index (χ2n) is 5.90. The Hall–Kier alpha value is -1.58. The minimum Gasteiger partial charge on any atom is -0.465 e. The van der Waals surface area contributed by atoms with Crippen LogP contribution in [0, 0.1) is 12.8 Å². The Labute approximate surface area is 165 Å². The summed E-state index contributed by atoms with van der Waals surface area (Å²) in [5.41, 5.74) is 1.88. The van der Waals surface area contributed by atoms with E-state index in [9.17, 15) is 9.59 Å². The maximum absolute atomic E-state index is 12.2. The zero-order valence-corrected chi connectivity index (χ0v) is 17.5. The number of ether oxygens (including phenoxy) is 1. The van der Waals surface area contributed by atoms with Gasteiger partial charge >= 0.3 is 5.97 Å². The summed E-state index contributed by atoms with van der Waals surface area (Å²) in [7, 11) is 1.33. The van der Waals surface area contributed by atoms with Gasteiger partial charge in [-0.1, -0.05) is 54.8 Å². The smallest absolute Gasteiger partial charge is 0.337 e. The lowest BCUT2D eigenvalue weighted by Gasteiger charge is -2.09. The van der Waals surface area contributed by atoms with E-state index in [0.29, 0.717) is 17.2 Å². The first-order valence-corrected chi connectivity index (χ1v) is 10.8. The number of rotatable bonds is 8. The Morgan fingerprint density at radius 3 is 2.58 bits per heavy atom. The van der Waals surface area contributed by atoms with Gasteiger partial charge in [0.15, 0.2) is 8.68 Å². The number of hydrogen-bond acceptors (Lipinski definition) is 8.